The third kappa shape index (κ3) is 1.57. The van der Waals surface area contributed by atoms with Gasteiger partial charge in [-0.25, -0.2) is 0 Å². The maximum atomic E-state index is 11.7. The summed E-state index contributed by atoms with van der Waals surface area (Å²) in [6.45, 7) is 3.14. The number of rotatable bonds is 1. The summed E-state index contributed by atoms with van der Waals surface area (Å²) in [6.07, 6.45) is 2.27. The first-order valence-electron chi connectivity index (χ1n) is 8.40. The second kappa shape index (κ2) is 4.43. The average Bonchev–Trinajstić information content (AvgIpc) is 2.91. The van der Waals surface area contributed by atoms with E-state index in [1.807, 2.05) is 0 Å². The van der Waals surface area contributed by atoms with E-state index < -0.39 is 5.60 Å². The highest BCUT2D eigenvalue weighted by molar-refractivity contribution is 5.79. The van der Waals surface area contributed by atoms with Crippen LogP contribution in [0.1, 0.15) is 29.9 Å². The summed E-state index contributed by atoms with van der Waals surface area (Å²) >= 11 is 0. The number of piperidine rings is 3. The average molecular weight is 291 g/mol. The van der Waals surface area contributed by atoms with E-state index in [1.54, 1.807) is 0 Å². The highest BCUT2D eigenvalue weighted by atomic mass is 16.3. The van der Waals surface area contributed by atoms with Gasteiger partial charge >= 0.3 is 0 Å². The molecule has 3 aliphatic heterocycles. The largest absolute Gasteiger partial charge is 0.387 e. The molecule has 22 heavy (non-hydrogen) atoms. The minimum absolute atomic E-state index is 0.132. The quantitative estimate of drug-likeness (QED) is 0.872. The van der Waals surface area contributed by atoms with Gasteiger partial charge in [0, 0.05) is 12.5 Å². The molecule has 2 nitrogen and oxygen atoms in total. The van der Waals surface area contributed by atoms with Crippen LogP contribution < -0.4 is 0 Å². The molecule has 0 saturated carbocycles. The molecule has 1 atom stereocenters. The van der Waals surface area contributed by atoms with E-state index in [2.05, 4.69) is 53.4 Å². The standard InChI is InChI=1S/C20H21NO/c22-20(13-21-11-9-14(20)10-12-21)19-17-7-3-1-5-15(17)16-6-2-4-8-18(16)19/h1-8,14,19,22H,9-13H2/t20-/m0/s1. The van der Waals surface area contributed by atoms with Crippen LogP contribution in [0, 0.1) is 5.92 Å². The molecule has 3 saturated heterocycles. The molecular weight excluding hydrogens is 270 g/mol. The van der Waals surface area contributed by atoms with Crippen LogP contribution >= 0.6 is 0 Å². The molecule has 2 aromatic rings. The zero-order chi connectivity index (χ0) is 14.7. The SMILES string of the molecule is O[C@@]1(C2c3ccccc3-c3ccccc32)CN2CCC1CC2. The van der Waals surface area contributed by atoms with Crippen molar-refractivity contribution < 1.29 is 5.11 Å². The molecule has 2 bridgehead atoms. The predicted molar refractivity (Wildman–Crippen MR) is 87.8 cm³/mol. The summed E-state index contributed by atoms with van der Waals surface area (Å²) in [6, 6.07) is 17.3. The fourth-order valence-electron chi connectivity index (χ4n) is 5.10. The maximum absolute atomic E-state index is 11.7. The molecule has 1 aliphatic carbocycles. The zero-order valence-corrected chi connectivity index (χ0v) is 12.7. The van der Waals surface area contributed by atoms with Crippen LogP contribution in [0.15, 0.2) is 48.5 Å². The second-order valence-electron chi connectivity index (χ2n) is 7.15. The van der Waals surface area contributed by atoms with E-state index in [0.29, 0.717) is 5.92 Å². The van der Waals surface area contributed by atoms with Crippen molar-refractivity contribution in [2.75, 3.05) is 19.6 Å². The Morgan fingerprint density at radius 1 is 0.864 bits per heavy atom. The van der Waals surface area contributed by atoms with Gasteiger partial charge in [-0.1, -0.05) is 48.5 Å². The van der Waals surface area contributed by atoms with Gasteiger partial charge in [-0.05, 0) is 54.1 Å². The van der Waals surface area contributed by atoms with Gasteiger partial charge in [-0.3, -0.25) is 0 Å². The molecule has 4 aliphatic rings. The lowest BCUT2D eigenvalue weighted by molar-refractivity contribution is -0.120. The van der Waals surface area contributed by atoms with E-state index in [1.165, 1.54) is 22.3 Å². The van der Waals surface area contributed by atoms with Crippen LogP contribution in [0.4, 0.5) is 0 Å². The summed E-state index contributed by atoms with van der Waals surface area (Å²) in [7, 11) is 0. The van der Waals surface area contributed by atoms with Gasteiger partial charge in [0.2, 0.25) is 0 Å². The fraction of sp³-hybridized carbons (Fsp3) is 0.400. The number of benzene rings is 2. The first kappa shape index (κ1) is 12.9. The Kier molecular flexibility index (Phi) is 2.59. The molecule has 3 heterocycles. The first-order chi connectivity index (χ1) is 10.8. The summed E-state index contributed by atoms with van der Waals surface area (Å²) in [5.41, 5.74) is 4.65. The van der Waals surface area contributed by atoms with Gasteiger partial charge < -0.3 is 10.0 Å². The van der Waals surface area contributed by atoms with Crippen molar-refractivity contribution in [2.24, 2.45) is 5.92 Å². The summed E-state index contributed by atoms with van der Waals surface area (Å²) in [5, 5.41) is 11.7. The number of hydrogen-bond acceptors (Lipinski definition) is 2. The van der Waals surface area contributed by atoms with Gasteiger partial charge in [0.15, 0.2) is 0 Å². The molecule has 0 radical (unpaired) electrons. The minimum Gasteiger partial charge on any atom is -0.387 e. The molecule has 0 aromatic heterocycles. The Balaban J connectivity index is 1.71. The Labute approximate surface area is 131 Å². The van der Waals surface area contributed by atoms with Crippen LogP contribution in [-0.4, -0.2) is 35.2 Å². The minimum atomic E-state index is -0.612. The third-order valence-corrected chi connectivity index (χ3v) is 6.11. The van der Waals surface area contributed by atoms with Crippen LogP contribution in [0.5, 0.6) is 0 Å². The van der Waals surface area contributed by atoms with E-state index in [-0.39, 0.29) is 5.92 Å². The highest BCUT2D eigenvalue weighted by Gasteiger charge is 2.53. The van der Waals surface area contributed by atoms with Crippen LogP contribution in [0.2, 0.25) is 0 Å². The van der Waals surface area contributed by atoms with Crippen LogP contribution in [-0.2, 0) is 0 Å². The first-order valence-corrected chi connectivity index (χ1v) is 8.40. The van der Waals surface area contributed by atoms with Gasteiger partial charge in [-0.2, -0.15) is 0 Å². The number of nitrogens with zero attached hydrogens (tertiary/aromatic N) is 1. The van der Waals surface area contributed by atoms with Gasteiger partial charge in [0.25, 0.3) is 0 Å². The highest BCUT2D eigenvalue weighted by Crippen LogP contribution is 2.54. The molecule has 1 N–H and O–H groups in total. The van der Waals surface area contributed by atoms with Crippen LogP contribution in [0.3, 0.4) is 0 Å². The monoisotopic (exact) mass is 291 g/mol. The second-order valence-corrected chi connectivity index (χ2v) is 7.15. The van der Waals surface area contributed by atoms with Crippen molar-refractivity contribution in [3.05, 3.63) is 59.7 Å². The lowest BCUT2D eigenvalue weighted by Crippen LogP contribution is -2.61. The summed E-state index contributed by atoms with van der Waals surface area (Å²) in [4.78, 5) is 2.45. The number of hydrogen-bond donors (Lipinski definition) is 1. The van der Waals surface area contributed by atoms with Crippen molar-refractivity contribution in [1.82, 2.24) is 4.90 Å². The predicted octanol–water partition coefficient (Wildman–Crippen LogP) is 3.26. The molecule has 0 amide bonds. The van der Waals surface area contributed by atoms with Gasteiger partial charge in [0.05, 0.1) is 5.60 Å². The van der Waals surface area contributed by atoms with E-state index in [4.69, 9.17) is 0 Å². The molecule has 0 unspecified atom stereocenters. The zero-order valence-electron chi connectivity index (χ0n) is 12.7. The van der Waals surface area contributed by atoms with Gasteiger partial charge in [0.1, 0.15) is 0 Å². The van der Waals surface area contributed by atoms with Crippen molar-refractivity contribution in [2.45, 2.75) is 24.4 Å². The normalized spacial score (nSPS) is 32.8. The van der Waals surface area contributed by atoms with E-state index in [9.17, 15) is 5.11 Å². The molecule has 2 heteroatoms. The fourth-order valence-corrected chi connectivity index (χ4v) is 5.10. The lowest BCUT2D eigenvalue weighted by atomic mass is 9.66. The van der Waals surface area contributed by atoms with Gasteiger partial charge in [-0.15, -0.1) is 0 Å². The lowest BCUT2D eigenvalue weighted by Gasteiger charge is -2.53. The molecule has 112 valence electrons. The maximum Gasteiger partial charge on any atom is 0.0911 e. The van der Waals surface area contributed by atoms with E-state index in [0.717, 1.165) is 32.5 Å². The van der Waals surface area contributed by atoms with E-state index >= 15 is 0 Å². The topological polar surface area (TPSA) is 23.5 Å². The van der Waals surface area contributed by atoms with Crippen molar-refractivity contribution >= 4 is 0 Å². The number of aliphatic hydroxyl groups is 1. The third-order valence-electron chi connectivity index (χ3n) is 6.11. The molecule has 6 rings (SSSR count). The number of fused-ring (bicyclic) bond motifs is 6. The Morgan fingerprint density at radius 2 is 1.41 bits per heavy atom. The Hall–Kier alpha value is -1.64. The Morgan fingerprint density at radius 3 is 1.91 bits per heavy atom. The van der Waals surface area contributed by atoms with Crippen molar-refractivity contribution in [3.8, 4) is 11.1 Å². The van der Waals surface area contributed by atoms with Crippen molar-refractivity contribution in [1.29, 1.82) is 0 Å². The molecule has 2 aromatic carbocycles. The Bertz CT molecular complexity index is 686. The summed E-state index contributed by atoms with van der Waals surface area (Å²) in [5.74, 6) is 0.565. The van der Waals surface area contributed by atoms with Crippen molar-refractivity contribution in [3.63, 3.8) is 0 Å². The van der Waals surface area contributed by atoms with Crippen LogP contribution in [0.25, 0.3) is 11.1 Å². The summed E-state index contributed by atoms with van der Waals surface area (Å²) < 4.78 is 0. The smallest absolute Gasteiger partial charge is 0.0911 e. The molecule has 3 fully saturated rings. The molecule has 0 spiro atoms. The molecular formula is C20H21NO.